The van der Waals surface area contributed by atoms with E-state index in [0.29, 0.717) is 5.01 Å². The van der Waals surface area contributed by atoms with Gasteiger partial charge in [0, 0.05) is 0 Å². The number of hydrogen-bond donors (Lipinski definition) is 1. The third kappa shape index (κ3) is 3.50. The Morgan fingerprint density at radius 1 is 1.33 bits per heavy atom. The first-order chi connectivity index (χ1) is 8.58. The van der Waals surface area contributed by atoms with E-state index in [-0.39, 0.29) is 18.2 Å². The summed E-state index contributed by atoms with van der Waals surface area (Å²) in [5.74, 6) is -1.90. The fraction of sp³-hybridized carbons (Fsp3) is 0.333. The number of anilines is 1. The summed E-state index contributed by atoms with van der Waals surface area (Å²) in [6.45, 7) is 1.05. The molecule has 92 valence electrons. The number of carbonyl (C=O) groups is 2. The van der Waals surface area contributed by atoms with Crippen LogP contribution in [0.25, 0.3) is 0 Å². The normalized spacial score (nSPS) is 9.06. The Morgan fingerprint density at radius 2 is 1.94 bits per heavy atom. The van der Waals surface area contributed by atoms with Crippen molar-refractivity contribution < 1.29 is 9.59 Å². The maximum absolute atomic E-state index is 11.6. The maximum atomic E-state index is 11.6. The first-order valence-corrected chi connectivity index (χ1v) is 5.54. The first-order valence-electron chi connectivity index (χ1n) is 4.72. The minimum atomic E-state index is -0.953. The monoisotopic (exact) mass is 264 g/mol. The summed E-state index contributed by atoms with van der Waals surface area (Å²) in [7, 11) is 0. The number of nitriles is 2. The molecule has 9 heteroatoms. The predicted molar refractivity (Wildman–Crippen MR) is 61.1 cm³/mol. The smallest absolute Gasteiger partial charge is 0.308 e. The molecule has 1 heterocycles. The van der Waals surface area contributed by atoms with Crippen LogP contribution in [0.1, 0.15) is 5.01 Å². The molecule has 1 rings (SSSR count). The van der Waals surface area contributed by atoms with Gasteiger partial charge in [0.15, 0.2) is 0 Å². The molecular formula is C9H8N6O2S. The standard InChI is InChI=1S/C9H8N6O2S/c1-6-13-14-9(18-6)12-7(16)8(17)15(4-2-10)5-3-11/h4-5H2,1H3,(H,12,14,16). The van der Waals surface area contributed by atoms with Crippen LogP contribution in [-0.4, -0.2) is 40.0 Å². The van der Waals surface area contributed by atoms with Crippen molar-refractivity contribution in [1.29, 1.82) is 10.5 Å². The lowest BCUT2D eigenvalue weighted by Crippen LogP contribution is -2.40. The van der Waals surface area contributed by atoms with Crippen molar-refractivity contribution in [1.82, 2.24) is 15.1 Å². The van der Waals surface area contributed by atoms with Crippen molar-refractivity contribution in [3.8, 4) is 12.1 Å². The number of aromatic nitrogens is 2. The van der Waals surface area contributed by atoms with Crippen molar-refractivity contribution in [2.75, 3.05) is 18.4 Å². The van der Waals surface area contributed by atoms with Crippen LogP contribution in [0.4, 0.5) is 5.13 Å². The molecule has 0 saturated heterocycles. The molecule has 0 saturated carbocycles. The second-order valence-corrected chi connectivity index (χ2v) is 4.24. The van der Waals surface area contributed by atoms with Crippen LogP contribution in [0.15, 0.2) is 0 Å². The van der Waals surface area contributed by atoms with Crippen molar-refractivity contribution in [2.45, 2.75) is 6.92 Å². The highest BCUT2D eigenvalue weighted by molar-refractivity contribution is 7.15. The summed E-state index contributed by atoms with van der Waals surface area (Å²) >= 11 is 1.12. The van der Waals surface area contributed by atoms with Gasteiger partial charge in [-0.25, -0.2) is 0 Å². The van der Waals surface area contributed by atoms with Gasteiger partial charge in [-0.15, -0.1) is 10.2 Å². The van der Waals surface area contributed by atoms with Crippen LogP contribution in [-0.2, 0) is 9.59 Å². The highest BCUT2D eigenvalue weighted by Gasteiger charge is 2.22. The van der Waals surface area contributed by atoms with Crippen molar-refractivity contribution >= 4 is 28.3 Å². The summed E-state index contributed by atoms with van der Waals surface area (Å²) < 4.78 is 0. The van der Waals surface area contributed by atoms with Crippen molar-refractivity contribution in [2.24, 2.45) is 0 Å². The molecule has 0 unspecified atom stereocenters. The lowest BCUT2D eigenvalue weighted by molar-refractivity contribution is -0.142. The molecule has 1 aromatic rings. The molecule has 2 amide bonds. The van der Waals surface area contributed by atoms with E-state index in [1.54, 1.807) is 19.1 Å². The average Bonchev–Trinajstić information content (AvgIpc) is 2.73. The summed E-state index contributed by atoms with van der Waals surface area (Å²) in [4.78, 5) is 24.0. The number of aryl methyl sites for hydroxylation is 1. The molecule has 0 spiro atoms. The summed E-state index contributed by atoms with van der Waals surface area (Å²) in [6, 6.07) is 3.41. The van der Waals surface area contributed by atoms with Gasteiger partial charge in [0.1, 0.15) is 18.1 Å². The van der Waals surface area contributed by atoms with E-state index in [4.69, 9.17) is 10.5 Å². The topological polar surface area (TPSA) is 123 Å². The molecule has 0 radical (unpaired) electrons. The second kappa shape index (κ2) is 6.27. The molecule has 0 atom stereocenters. The van der Waals surface area contributed by atoms with Crippen LogP contribution in [0.2, 0.25) is 0 Å². The lowest BCUT2D eigenvalue weighted by atomic mass is 10.4. The zero-order valence-electron chi connectivity index (χ0n) is 9.38. The van der Waals surface area contributed by atoms with Gasteiger partial charge in [-0.1, -0.05) is 11.3 Å². The van der Waals surface area contributed by atoms with Crippen molar-refractivity contribution in [3.63, 3.8) is 0 Å². The van der Waals surface area contributed by atoms with E-state index < -0.39 is 11.8 Å². The Kier molecular flexibility index (Phi) is 4.72. The van der Waals surface area contributed by atoms with Gasteiger partial charge in [-0.05, 0) is 6.92 Å². The molecule has 0 aliphatic rings. The zero-order valence-corrected chi connectivity index (χ0v) is 10.2. The van der Waals surface area contributed by atoms with E-state index in [9.17, 15) is 9.59 Å². The van der Waals surface area contributed by atoms with Gasteiger partial charge in [-0.2, -0.15) is 10.5 Å². The molecule has 0 fully saturated rings. The zero-order chi connectivity index (χ0) is 13.5. The third-order valence-corrected chi connectivity index (χ3v) is 2.51. The van der Waals surface area contributed by atoms with Crippen LogP contribution >= 0.6 is 11.3 Å². The molecule has 0 aliphatic carbocycles. The van der Waals surface area contributed by atoms with E-state index in [2.05, 4.69) is 15.5 Å². The lowest BCUT2D eigenvalue weighted by Gasteiger charge is -2.13. The summed E-state index contributed by atoms with van der Waals surface area (Å²) in [5.41, 5.74) is 0. The van der Waals surface area contributed by atoms with Gasteiger partial charge in [0.2, 0.25) is 5.13 Å². The number of rotatable bonds is 3. The molecule has 18 heavy (non-hydrogen) atoms. The van der Waals surface area contributed by atoms with Gasteiger partial charge < -0.3 is 4.90 Å². The van der Waals surface area contributed by atoms with E-state index in [1.807, 2.05) is 0 Å². The fourth-order valence-electron chi connectivity index (χ4n) is 1.01. The Hall–Kier alpha value is -2.52. The van der Waals surface area contributed by atoms with Crippen LogP contribution < -0.4 is 5.32 Å². The number of amides is 2. The van der Waals surface area contributed by atoms with Gasteiger partial charge >= 0.3 is 11.8 Å². The maximum Gasteiger partial charge on any atom is 0.315 e. The van der Waals surface area contributed by atoms with E-state index in [1.165, 1.54) is 0 Å². The number of nitrogens with one attached hydrogen (secondary N) is 1. The van der Waals surface area contributed by atoms with Crippen LogP contribution in [0, 0.1) is 29.6 Å². The Balaban J connectivity index is 2.68. The first kappa shape index (κ1) is 13.5. The number of hydrogen-bond acceptors (Lipinski definition) is 7. The largest absolute Gasteiger partial charge is 0.315 e. The number of carbonyl (C=O) groups excluding carboxylic acids is 2. The van der Waals surface area contributed by atoms with Crippen LogP contribution in [0.5, 0.6) is 0 Å². The fourth-order valence-corrected chi connectivity index (χ4v) is 1.60. The minimum Gasteiger partial charge on any atom is -0.308 e. The number of nitrogens with zero attached hydrogens (tertiary/aromatic N) is 5. The molecule has 1 N–H and O–H groups in total. The molecule has 0 aromatic carbocycles. The Labute approximate surface area is 106 Å². The van der Waals surface area contributed by atoms with Gasteiger partial charge in [0.25, 0.3) is 0 Å². The molecule has 0 aliphatic heterocycles. The quantitative estimate of drug-likeness (QED) is 0.588. The minimum absolute atomic E-state index is 0.194. The highest BCUT2D eigenvalue weighted by Crippen LogP contribution is 2.13. The molecule has 1 aromatic heterocycles. The second-order valence-electron chi connectivity index (χ2n) is 3.06. The van der Waals surface area contributed by atoms with Crippen molar-refractivity contribution in [3.05, 3.63) is 5.01 Å². The average molecular weight is 264 g/mol. The molecular weight excluding hydrogens is 256 g/mol. The summed E-state index contributed by atoms with van der Waals surface area (Å²) in [6.07, 6.45) is 0. The Bertz CT molecular complexity index is 524. The van der Waals surface area contributed by atoms with Gasteiger partial charge in [0.05, 0.1) is 12.1 Å². The molecule has 0 bridgehead atoms. The van der Waals surface area contributed by atoms with E-state index >= 15 is 0 Å². The SMILES string of the molecule is Cc1nnc(NC(=O)C(=O)N(CC#N)CC#N)s1. The van der Waals surface area contributed by atoms with Gasteiger partial charge in [-0.3, -0.25) is 14.9 Å². The van der Waals surface area contributed by atoms with Crippen LogP contribution in [0.3, 0.4) is 0 Å². The summed E-state index contributed by atoms with van der Waals surface area (Å²) in [5, 5.41) is 27.4. The molecule has 8 nitrogen and oxygen atoms in total. The Morgan fingerprint density at radius 3 is 2.39 bits per heavy atom. The predicted octanol–water partition coefficient (Wildman–Crippen LogP) is -0.339. The highest BCUT2D eigenvalue weighted by atomic mass is 32.1. The van der Waals surface area contributed by atoms with E-state index in [0.717, 1.165) is 16.2 Å². The third-order valence-electron chi connectivity index (χ3n) is 1.75.